The van der Waals surface area contributed by atoms with E-state index in [9.17, 15) is 19.7 Å². The summed E-state index contributed by atoms with van der Waals surface area (Å²) < 4.78 is 0.443. The van der Waals surface area contributed by atoms with Gasteiger partial charge in [-0.25, -0.2) is 4.79 Å². The van der Waals surface area contributed by atoms with Crippen molar-refractivity contribution >= 4 is 44.9 Å². The average molecular weight is 358 g/mol. The minimum Gasteiger partial charge on any atom is -0.477 e. The van der Waals surface area contributed by atoms with E-state index in [1.807, 2.05) is 0 Å². The first-order chi connectivity index (χ1) is 9.88. The van der Waals surface area contributed by atoms with E-state index >= 15 is 0 Å². The van der Waals surface area contributed by atoms with Crippen molar-refractivity contribution in [3.8, 4) is 0 Å². The topological polar surface area (TPSA) is 131 Å². The SMILES string of the molecule is O=C(O)C1=NOC(C(=O)Nc2cc([N+](=O)[O-])ccc2Br)C1. The van der Waals surface area contributed by atoms with Gasteiger partial charge < -0.3 is 15.3 Å². The summed E-state index contributed by atoms with van der Waals surface area (Å²) in [5.41, 5.74) is -0.266. The Morgan fingerprint density at radius 1 is 1.52 bits per heavy atom. The van der Waals surface area contributed by atoms with Gasteiger partial charge in [0.15, 0.2) is 5.71 Å². The number of rotatable bonds is 4. The third-order valence-corrected chi connectivity index (χ3v) is 3.32. The molecule has 2 N–H and O–H groups in total. The number of carbonyl (C=O) groups excluding carboxylic acids is 1. The lowest BCUT2D eigenvalue weighted by Crippen LogP contribution is -2.29. The molecule has 1 amide bonds. The van der Waals surface area contributed by atoms with E-state index in [0.717, 1.165) is 0 Å². The number of non-ortho nitro benzene ring substituents is 1. The van der Waals surface area contributed by atoms with Crippen LogP contribution >= 0.6 is 15.9 Å². The zero-order valence-electron chi connectivity index (χ0n) is 10.3. The average Bonchev–Trinajstić information content (AvgIpc) is 2.90. The quantitative estimate of drug-likeness (QED) is 0.620. The molecule has 1 unspecified atom stereocenters. The molecule has 9 nitrogen and oxygen atoms in total. The van der Waals surface area contributed by atoms with Gasteiger partial charge in [0.25, 0.3) is 11.6 Å². The van der Waals surface area contributed by atoms with Crippen molar-refractivity contribution in [3.63, 3.8) is 0 Å². The van der Waals surface area contributed by atoms with Gasteiger partial charge in [0.05, 0.1) is 10.6 Å². The first-order valence-corrected chi connectivity index (χ1v) is 6.38. The van der Waals surface area contributed by atoms with Crippen molar-refractivity contribution < 1.29 is 24.5 Å². The Bertz CT molecular complexity index is 659. The number of nitro benzene ring substituents is 1. The zero-order valence-corrected chi connectivity index (χ0v) is 11.9. The number of nitro groups is 1. The highest BCUT2D eigenvalue weighted by Gasteiger charge is 2.32. The van der Waals surface area contributed by atoms with Gasteiger partial charge in [-0.2, -0.15) is 0 Å². The number of carboxylic acid groups (broad SMARTS) is 1. The molecule has 0 aromatic heterocycles. The molecule has 0 saturated carbocycles. The van der Waals surface area contributed by atoms with E-state index in [1.165, 1.54) is 18.2 Å². The molecule has 1 heterocycles. The van der Waals surface area contributed by atoms with Crippen molar-refractivity contribution in [2.45, 2.75) is 12.5 Å². The van der Waals surface area contributed by atoms with Crippen LogP contribution in [0.15, 0.2) is 27.8 Å². The highest BCUT2D eigenvalue weighted by Crippen LogP contribution is 2.27. The van der Waals surface area contributed by atoms with Gasteiger partial charge in [-0.15, -0.1) is 0 Å². The van der Waals surface area contributed by atoms with Gasteiger partial charge in [-0.05, 0) is 22.0 Å². The number of benzene rings is 1. The van der Waals surface area contributed by atoms with Gasteiger partial charge in [-0.3, -0.25) is 14.9 Å². The maximum absolute atomic E-state index is 11.9. The number of carbonyl (C=O) groups is 2. The predicted molar refractivity (Wildman–Crippen MR) is 74.0 cm³/mol. The standard InChI is InChI=1S/C11H8BrN3O6/c12-6-2-1-5(15(19)20)3-7(6)13-10(16)9-4-8(11(17)18)14-21-9/h1-3,9H,4H2,(H,13,16)(H,17,18). The molecule has 110 valence electrons. The molecule has 1 atom stereocenters. The number of anilines is 1. The first kappa shape index (κ1) is 14.9. The highest BCUT2D eigenvalue weighted by molar-refractivity contribution is 9.10. The fourth-order valence-corrected chi connectivity index (χ4v) is 1.93. The Labute approximate surface area is 125 Å². The van der Waals surface area contributed by atoms with Crippen LogP contribution in [-0.4, -0.2) is 33.7 Å². The van der Waals surface area contributed by atoms with E-state index in [-0.39, 0.29) is 23.5 Å². The van der Waals surface area contributed by atoms with Gasteiger partial charge in [-0.1, -0.05) is 5.16 Å². The van der Waals surface area contributed by atoms with Crippen LogP contribution in [0.4, 0.5) is 11.4 Å². The number of nitrogens with zero attached hydrogens (tertiary/aromatic N) is 2. The first-order valence-electron chi connectivity index (χ1n) is 5.59. The summed E-state index contributed by atoms with van der Waals surface area (Å²) in [4.78, 5) is 37.4. The second-order valence-electron chi connectivity index (χ2n) is 4.05. The van der Waals surface area contributed by atoms with Crippen LogP contribution in [0.1, 0.15) is 6.42 Å². The lowest BCUT2D eigenvalue weighted by Gasteiger charge is -2.10. The lowest BCUT2D eigenvalue weighted by molar-refractivity contribution is -0.384. The van der Waals surface area contributed by atoms with Crippen molar-refractivity contribution in [3.05, 3.63) is 32.8 Å². The van der Waals surface area contributed by atoms with Crippen molar-refractivity contribution in [2.75, 3.05) is 5.32 Å². The largest absolute Gasteiger partial charge is 0.477 e. The van der Waals surface area contributed by atoms with E-state index in [4.69, 9.17) is 9.94 Å². The van der Waals surface area contributed by atoms with Crippen LogP contribution in [0.3, 0.4) is 0 Å². The Kier molecular flexibility index (Phi) is 4.17. The van der Waals surface area contributed by atoms with Crippen molar-refractivity contribution in [2.24, 2.45) is 5.16 Å². The summed E-state index contributed by atoms with van der Waals surface area (Å²) in [6.45, 7) is 0. The second kappa shape index (κ2) is 5.87. The molecule has 2 rings (SSSR count). The molecular weight excluding hydrogens is 350 g/mol. The number of nitrogens with one attached hydrogen (secondary N) is 1. The summed E-state index contributed by atoms with van der Waals surface area (Å²) >= 11 is 3.15. The molecule has 21 heavy (non-hydrogen) atoms. The van der Waals surface area contributed by atoms with Gasteiger partial charge in [0.1, 0.15) is 0 Å². The number of hydrogen-bond donors (Lipinski definition) is 2. The number of carboxylic acids is 1. The summed E-state index contributed by atoms with van der Waals surface area (Å²) in [6, 6.07) is 3.87. The van der Waals surface area contributed by atoms with Crippen LogP contribution in [0.25, 0.3) is 0 Å². The molecule has 10 heteroatoms. The molecule has 1 aromatic carbocycles. The van der Waals surface area contributed by atoms with E-state index in [0.29, 0.717) is 4.47 Å². The van der Waals surface area contributed by atoms with Crippen LogP contribution < -0.4 is 5.32 Å². The molecule has 1 aliphatic heterocycles. The third kappa shape index (κ3) is 3.34. The van der Waals surface area contributed by atoms with E-state index in [1.54, 1.807) is 0 Å². The van der Waals surface area contributed by atoms with Crippen molar-refractivity contribution in [1.29, 1.82) is 0 Å². The minimum atomic E-state index is -1.26. The Hall–Kier alpha value is -2.49. The molecule has 0 aliphatic carbocycles. The minimum absolute atomic E-state index is 0.173. The summed E-state index contributed by atoms with van der Waals surface area (Å²) in [5, 5.41) is 25.1. The molecule has 0 fully saturated rings. The van der Waals surface area contributed by atoms with Gasteiger partial charge in [0.2, 0.25) is 6.10 Å². The fourth-order valence-electron chi connectivity index (χ4n) is 1.58. The molecule has 0 bridgehead atoms. The molecular formula is C11H8BrN3O6. The smallest absolute Gasteiger partial charge is 0.353 e. The van der Waals surface area contributed by atoms with E-state index in [2.05, 4.69) is 26.4 Å². The number of aliphatic carboxylic acids is 1. The molecule has 0 radical (unpaired) electrons. The molecule has 0 saturated heterocycles. The number of hydrogen-bond acceptors (Lipinski definition) is 6. The lowest BCUT2D eigenvalue weighted by atomic mass is 10.1. The Balaban J connectivity index is 2.09. The molecule has 1 aromatic rings. The summed E-state index contributed by atoms with van der Waals surface area (Å²) in [5.74, 6) is -1.90. The summed E-state index contributed by atoms with van der Waals surface area (Å²) in [7, 11) is 0. The second-order valence-corrected chi connectivity index (χ2v) is 4.91. The third-order valence-electron chi connectivity index (χ3n) is 2.63. The Morgan fingerprint density at radius 3 is 2.81 bits per heavy atom. The monoisotopic (exact) mass is 357 g/mol. The maximum atomic E-state index is 11.9. The Morgan fingerprint density at radius 2 is 2.24 bits per heavy atom. The van der Waals surface area contributed by atoms with Crippen LogP contribution in [0.2, 0.25) is 0 Å². The summed E-state index contributed by atoms with van der Waals surface area (Å²) in [6.07, 6.45) is -1.25. The molecule has 1 aliphatic rings. The van der Waals surface area contributed by atoms with E-state index < -0.39 is 22.9 Å². The highest BCUT2D eigenvalue weighted by atomic mass is 79.9. The van der Waals surface area contributed by atoms with Crippen LogP contribution in [0.5, 0.6) is 0 Å². The number of halogens is 1. The fraction of sp³-hybridized carbons (Fsp3) is 0.182. The van der Waals surface area contributed by atoms with Gasteiger partial charge >= 0.3 is 5.97 Å². The normalized spacial score (nSPS) is 16.8. The van der Waals surface area contributed by atoms with Crippen LogP contribution in [0, 0.1) is 10.1 Å². The number of oxime groups is 1. The van der Waals surface area contributed by atoms with Gasteiger partial charge in [0, 0.05) is 23.0 Å². The number of amides is 1. The van der Waals surface area contributed by atoms with Crippen molar-refractivity contribution in [1.82, 2.24) is 0 Å². The predicted octanol–water partition coefficient (Wildman–Crippen LogP) is 1.53. The molecule has 0 spiro atoms. The zero-order chi connectivity index (χ0) is 15.6. The maximum Gasteiger partial charge on any atom is 0.353 e. The van der Waals surface area contributed by atoms with Crippen LogP contribution in [-0.2, 0) is 14.4 Å².